The molecule has 1 saturated carbocycles. The first-order valence-corrected chi connectivity index (χ1v) is 8.95. The highest BCUT2D eigenvalue weighted by Crippen LogP contribution is 2.44. The van der Waals surface area contributed by atoms with Crippen molar-refractivity contribution in [3.8, 4) is 5.75 Å². The van der Waals surface area contributed by atoms with Gasteiger partial charge < -0.3 is 15.4 Å². The highest BCUT2D eigenvalue weighted by atomic mass is 16.5. The number of ether oxygens (including phenoxy) is 1. The molecule has 0 heterocycles. The SMILES string of the molecule is CCc1ccc(OCc2cccc(C3CC3)c2NC(=O)NC)c(C)c1. The van der Waals surface area contributed by atoms with Crippen LogP contribution in [0.15, 0.2) is 36.4 Å². The summed E-state index contributed by atoms with van der Waals surface area (Å²) >= 11 is 0. The number of rotatable bonds is 6. The predicted molar refractivity (Wildman–Crippen MR) is 101 cm³/mol. The van der Waals surface area contributed by atoms with Crippen LogP contribution in [-0.2, 0) is 13.0 Å². The van der Waals surface area contributed by atoms with E-state index in [4.69, 9.17) is 4.74 Å². The summed E-state index contributed by atoms with van der Waals surface area (Å²) in [5, 5.41) is 5.62. The monoisotopic (exact) mass is 338 g/mol. The van der Waals surface area contributed by atoms with Crippen LogP contribution in [0.4, 0.5) is 10.5 Å². The smallest absolute Gasteiger partial charge is 0.318 e. The molecule has 3 rings (SSSR count). The molecule has 1 aliphatic rings. The van der Waals surface area contributed by atoms with Crippen LogP contribution in [0.3, 0.4) is 0 Å². The highest BCUT2D eigenvalue weighted by molar-refractivity contribution is 5.91. The Labute approximate surface area is 149 Å². The third kappa shape index (κ3) is 4.13. The summed E-state index contributed by atoms with van der Waals surface area (Å²) in [7, 11) is 1.63. The van der Waals surface area contributed by atoms with E-state index < -0.39 is 0 Å². The van der Waals surface area contributed by atoms with Crippen LogP contribution < -0.4 is 15.4 Å². The van der Waals surface area contributed by atoms with Gasteiger partial charge in [-0.25, -0.2) is 4.79 Å². The molecule has 0 saturated heterocycles. The van der Waals surface area contributed by atoms with Gasteiger partial charge in [0.25, 0.3) is 0 Å². The van der Waals surface area contributed by atoms with Gasteiger partial charge in [-0.1, -0.05) is 37.3 Å². The van der Waals surface area contributed by atoms with Crippen molar-refractivity contribution in [2.75, 3.05) is 12.4 Å². The van der Waals surface area contributed by atoms with Gasteiger partial charge in [0.1, 0.15) is 12.4 Å². The fraction of sp³-hybridized carbons (Fsp3) is 0.381. The van der Waals surface area contributed by atoms with Crippen LogP contribution in [0.25, 0.3) is 0 Å². The summed E-state index contributed by atoms with van der Waals surface area (Å²) in [6.07, 6.45) is 3.39. The Kier molecular flexibility index (Phi) is 5.27. The van der Waals surface area contributed by atoms with Gasteiger partial charge in [-0.2, -0.15) is 0 Å². The summed E-state index contributed by atoms with van der Waals surface area (Å²) in [6.45, 7) is 4.65. The number of aryl methyl sites for hydroxylation is 2. The maximum Gasteiger partial charge on any atom is 0.318 e. The van der Waals surface area contributed by atoms with Crippen LogP contribution in [0, 0.1) is 6.92 Å². The summed E-state index contributed by atoms with van der Waals surface area (Å²) in [5.74, 6) is 1.44. The Bertz CT molecular complexity index is 766. The second-order valence-corrected chi connectivity index (χ2v) is 6.60. The lowest BCUT2D eigenvalue weighted by Gasteiger charge is -2.17. The molecule has 0 radical (unpaired) electrons. The topological polar surface area (TPSA) is 50.4 Å². The molecular weight excluding hydrogens is 312 g/mol. The van der Waals surface area contributed by atoms with Gasteiger partial charge in [-0.05, 0) is 54.9 Å². The van der Waals surface area contributed by atoms with Crippen molar-refractivity contribution in [2.45, 2.75) is 45.6 Å². The Balaban J connectivity index is 1.81. The van der Waals surface area contributed by atoms with Crippen LogP contribution in [0.1, 0.15) is 47.9 Å². The van der Waals surface area contributed by atoms with Crippen molar-refractivity contribution in [1.29, 1.82) is 0 Å². The van der Waals surface area contributed by atoms with E-state index in [0.29, 0.717) is 12.5 Å². The van der Waals surface area contributed by atoms with E-state index in [0.717, 1.165) is 29.0 Å². The van der Waals surface area contributed by atoms with Crippen molar-refractivity contribution in [2.24, 2.45) is 0 Å². The molecule has 25 heavy (non-hydrogen) atoms. The molecule has 0 aliphatic heterocycles. The zero-order valence-corrected chi connectivity index (χ0v) is 15.2. The van der Waals surface area contributed by atoms with Gasteiger partial charge in [-0.3, -0.25) is 0 Å². The third-order valence-corrected chi connectivity index (χ3v) is 4.70. The molecular formula is C21H26N2O2. The summed E-state index contributed by atoms with van der Waals surface area (Å²) in [6, 6.07) is 12.3. The van der Waals surface area contributed by atoms with Crippen LogP contribution in [0.5, 0.6) is 5.75 Å². The van der Waals surface area contributed by atoms with Crippen molar-refractivity contribution < 1.29 is 9.53 Å². The van der Waals surface area contributed by atoms with Gasteiger partial charge in [0.15, 0.2) is 0 Å². The number of carbonyl (C=O) groups excluding carboxylic acids is 1. The molecule has 132 valence electrons. The lowest BCUT2D eigenvalue weighted by molar-refractivity contribution is 0.254. The molecule has 2 aromatic rings. The highest BCUT2D eigenvalue weighted by Gasteiger charge is 2.27. The van der Waals surface area contributed by atoms with E-state index in [1.807, 2.05) is 12.1 Å². The lowest BCUT2D eigenvalue weighted by atomic mass is 10.0. The fourth-order valence-electron chi connectivity index (χ4n) is 3.05. The van der Waals surface area contributed by atoms with Gasteiger partial charge >= 0.3 is 6.03 Å². The van der Waals surface area contributed by atoms with Crippen molar-refractivity contribution in [3.63, 3.8) is 0 Å². The average molecular weight is 338 g/mol. The molecule has 0 aromatic heterocycles. The van der Waals surface area contributed by atoms with Crippen LogP contribution in [0.2, 0.25) is 0 Å². The molecule has 4 heteroatoms. The summed E-state index contributed by atoms with van der Waals surface area (Å²) < 4.78 is 6.06. The van der Waals surface area contributed by atoms with Crippen LogP contribution >= 0.6 is 0 Å². The molecule has 1 fully saturated rings. The van der Waals surface area contributed by atoms with E-state index in [2.05, 4.69) is 48.7 Å². The average Bonchev–Trinajstić information content (AvgIpc) is 3.46. The van der Waals surface area contributed by atoms with Gasteiger partial charge in [0, 0.05) is 12.6 Å². The Morgan fingerprint density at radius 3 is 2.68 bits per heavy atom. The van der Waals surface area contributed by atoms with Crippen molar-refractivity contribution in [1.82, 2.24) is 5.32 Å². The number of hydrogen-bond acceptors (Lipinski definition) is 2. The number of nitrogens with one attached hydrogen (secondary N) is 2. The number of amides is 2. The molecule has 0 bridgehead atoms. The Morgan fingerprint density at radius 1 is 1.24 bits per heavy atom. The van der Waals surface area contributed by atoms with E-state index in [1.54, 1.807) is 7.05 Å². The first kappa shape index (κ1) is 17.3. The standard InChI is InChI=1S/C21H26N2O2/c1-4-15-8-11-19(14(2)12-15)25-13-17-6-5-7-18(16-9-10-16)20(17)23-21(24)22-3/h5-8,11-12,16H,4,9-10,13H2,1-3H3,(H2,22,23,24). The molecule has 2 N–H and O–H groups in total. The zero-order valence-electron chi connectivity index (χ0n) is 15.2. The largest absolute Gasteiger partial charge is 0.489 e. The summed E-state index contributed by atoms with van der Waals surface area (Å²) in [5.41, 5.74) is 5.56. The minimum absolute atomic E-state index is 0.196. The van der Waals surface area contributed by atoms with Gasteiger partial charge in [-0.15, -0.1) is 0 Å². The first-order valence-electron chi connectivity index (χ1n) is 8.95. The molecule has 1 aliphatic carbocycles. The summed E-state index contributed by atoms with van der Waals surface area (Å²) in [4.78, 5) is 11.9. The van der Waals surface area contributed by atoms with Gasteiger partial charge in [0.2, 0.25) is 0 Å². The molecule has 2 aromatic carbocycles. The number of para-hydroxylation sites is 1. The van der Waals surface area contributed by atoms with Gasteiger partial charge in [0.05, 0.1) is 5.69 Å². The number of benzene rings is 2. The number of carbonyl (C=O) groups is 1. The Hall–Kier alpha value is -2.49. The zero-order chi connectivity index (χ0) is 17.8. The minimum Gasteiger partial charge on any atom is -0.489 e. The van der Waals surface area contributed by atoms with Crippen LogP contribution in [-0.4, -0.2) is 13.1 Å². The third-order valence-electron chi connectivity index (χ3n) is 4.70. The quantitative estimate of drug-likeness (QED) is 0.797. The maximum atomic E-state index is 11.9. The normalized spacial score (nSPS) is 13.4. The number of anilines is 1. The molecule has 2 amide bonds. The van der Waals surface area contributed by atoms with Crippen molar-refractivity contribution in [3.05, 3.63) is 58.7 Å². The van der Waals surface area contributed by atoms with E-state index in [9.17, 15) is 4.79 Å². The van der Waals surface area contributed by atoms with Crippen molar-refractivity contribution >= 4 is 11.7 Å². The minimum atomic E-state index is -0.196. The number of hydrogen-bond donors (Lipinski definition) is 2. The fourth-order valence-corrected chi connectivity index (χ4v) is 3.05. The van der Waals surface area contributed by atoms with E-state index >= 15 is 0 Å². The van der Waals surface area contributed by atoms with E-state index in [1.165, 1.54) is 24.0 Å². The Morgan fingerprint density at radius 2 is 2.04 bits per heavy atom. The second kappa shape index (κ2) is 7.60. The second-order valence-electron chi connectivity index (χ2n) is 6.60. The maximum absolute atomic E-state index is 11.9. The van der Waals surface area contributed by atoms with E-state index in [-0.39, 0.29) is 6.03 Å². The number of urea groups is 1. The lowest BCUT2D eigenvalue weighted by Crippen LogP contribution is -2.26. The molecule has 0 atom stereocenters. The molecule has 4 nitrogen and oxygen atoms in total. The first-order chi connectivity index (χ1) is 12.1. The predicted octanol–water partition coefficient (Wildman–Crippen LogP) is 4.77. The molecule has 0 spiro atoms. The molecule has 0 unspecified atom stereocenters.